The average molecular weight is 362 g/mol. The molecule has 5 rings (SSSR count). The van der Waals surface area contributed by atoms with Crippen LogP contribution in [0.3, 0.4) is 0 Å². The van der Waals surface area contributed by atoms with Gasteiger partial charge in [0.2, 0.25) is 0 Å². The summed E-state index contributed by atoms with van der Waals surface area (Å²) in [6, 6.07) is 7.92. The highest BCUT2D eigenvalue weighted by Gasteiger charge is 2.33. The fourth-order valence-corrected chi connectivity index (χ4v) is 4.80. The van der Waals surface area contributed by atoms with Crippen molar-refractivity contribution in [1.82, 2.24) is 9.55 Å². The van der Waals surface area contributed by atoms with E-state index in [1.54, 1.807) is 34.4 Å². The van der Waals surface area contributed by atoms with Crippen LogP contribution in [0.4, 0.5) is 0 Å². The summed E-state index contributed by atoms with van der Waals surface area (Å²) >= 11 is 2.93. The van der Waals surface area contributed by atoms with Gasteiger partial charge in [-0.1, -0.05) is 0 Å². The molecule has 1 aliphatic rings. The number of nitrogens with zero attached hydrogens (tertiary/aromatic N) is 2. The molecule has 0 radical (unpaired) electrons. The second-order valence-electron chi connectivity index (χ2n) is 5.71. The molecule has 4 aromatic heterocycles. The SMILES string of the molecule is O=C1C(=Cc2ccc(-n3ccc4cnccc43)s2)C(=O)c2cscc21. The number of hydrogen-bond donors (Lipinski definition) is 0. The maximum absolute atomic E-state index is 12.4. The molecule has 0 aliphatic heterocycles. The van der Waals surface area contributed by atoms with Crippen LogP contribution in [0.15, 0.2) is 59.2 Å². The molecule has 0 amide bonds. The topological polar surface area (TPSA) is 52.0 Å². The molecule has 0 fully saturated rings. The van der Waals surface area contributed by atoms with E-state index in [2.05, 4.69) is 9.55 Å². The molecule has 4 aromatic rings. The Morgan fingerprint density at radius 3 is 2.60 bits per heavy atom. The van der Waals surface area contributed by atoms with E-state index in [9.17, 15) is 9.59 Å². The first-order valence-electron chi connectivity index (χ1n) is 7.61. The van der Waals surface area contributed by atoms with Gasteiger partial charge in [-0.2, -0.15) is 11.3 Å². The van der Waals surface area contributed by atoms with Crippen molar-refractivity contribution in [2.24, 2.45) is 0 Å². The number of thiophene rings is 2. The number of rotatable bonds is 2. The van der Waals surface area contributed by atoms with Crippen molar-refractivity contribution in [3.05, 3.63) is 75.2 Å². The van der Waals surface area contributed by atoms with E-state index < -0.39 is 0 Å². The molecule has 0 unspecified atom stereocenters. The summed E-state index contributed by atoms with van der Waals surface area (Å²) in [5.41, 5.74) is 2.39. The first kappa shape index (κ1) is 14.5. The third kappa shape index (κ3) is 2.15. The fraction of sp³-hybridized carbons (Fsp3) is 0. The third-order valence-electron chi connectivity index (χ3n) is 4.27. The maximum Gasteiger partial charge on any atom is 0.198 e. The van der Waals surface area contributed by atoms with Crippen LogP contribution in [0.5, 0.6) is 0 Å². The number of aromatic nitrogens is 2. The van der Waals surface area contributed by atoms with Crippen molar-refractivity contribution in [1.29, 1.82) is 0 Å². The van der Waals surface area contributed by atoms with Crippen LogP contribution in [0.25, 0.3) is 22.0 Å². The molecule has 0 aromatic carbocycles. The highest BCUT2D eigenvalue weighted by atomic mass is 32.1. The average Bonchev–Trinajstić information content (AvgIpc) is 3.38. The van der Waals surface area contributed by atoms with Gasteiger partial charge in [0.15, 0.2) is 11.6 Å². The van der Waals surface area contributed by atoms with Crippen LogP contribution >= 0.6 is 22.7 Å². The Balaban J connectivity index is 1.55. The number of carbonyl (C=O) groups excluding carboxylic acids is 2. The van der Waals surface area contributed by atoms with Gasteiger partial charge in [0.1, 0.15) is 5.00 Å². The number of carbonyl (C=O) groups is 2. The van der Waals surface area contributed by atoms with Gasteiger partial charge in [0.25, 0.3) is 0 Å². The smallest absolute Gasteiger partial charge is 0.198 e. The molecule has 4 nitrogen and oxygen atoms in total. The molecular weight excluding hydrogens is 352 g/mol. The van der Waals surface area contributed by atoms with Crippen LogP contribution in [0, 0.1) is 0 Å². The van der Waals surface area contributed by atoms with Gasteiger partial charge in [-0.3, -0.25) is 14.6 Å². The molecule has 4 heterocycles. The Bertz CT molecular complexity index is 1160. The van der Waals surface area contributed by atoms with E-state index in [1.807, 2.05) is 36.7 Å². The van der Waals surface area contributed by atoms with E-state index in [0.29, 0.717) is 11.1 Å². The Hall–Kier alpha value is -2.83. The van der Waals surface area contributed by atoms with Gasteiger partial charge < -0.3 is 4.57 Å². The molecule has 0 atom stereocenters. The number of ketones is 2. The minimum absolute atomic E-state index is 0.173. The number of allylic oxidation sites excluding steroid dienone is 1. The zero-order valence-electron chi connectivity index (χ0n) is 12.8. The Labute approximate surface area is 150 Å². The normalized spacial score (nSPS) is 13.7. The lowest BCUT2D eigenvalue weighted by Crippen LogP contribution is -2.00. The van der Waals surface area contributed by atoms with Crippen molar-refractivity contribution in [3.8, 4) is 5.00 Å². The Morgan fingerprint density at radius 2 is 1.80 bits per heavy atom. The number of pyridine rings is 1. The van der Waals surface area contributed by atoms with Crippen LogP contribution in [-0.2, 0) is 0 Å². The van der Waals surface area contributed by atoms with Crippen LogP contribution in [0.2, 0.25) is 0 Å². The summed E-state index contributed by atoms with van der Waals surface area (Å²) in [6.07, 6.45) is 7.30. The third-order valence-corrected chi connectivity index (χ3v) is 6.04. The summed E-state index contributed by atoms with van der Waals surface area (Å²) in [5.74, 6) is -0.345. The minimum Gasteiger partial charge on any atom is -0.308 e. The van der Waals surface area contributed by atoms with Crippen molar-refractivity contribution >= 4 is 51.2 Å². The molecule has 0 N–H and O–H groups in total. The summed E-state index contributed by atoms with van der Waals surface area (Å²) in [6.45, 7) is 0. The van der Waals surface area contributed by atoms with Crippen molar-refractivity contribution in [2.75, 3.05) is 0 Å². The molecule has 0 saturated carbocycles. The lowest BCUT2D eigenvalue weighted by Gasteiger charge is -2.00. The van der Waals surface area contributed by atoms with Crippen LogP contribution in [-0.4, -0.2) is 21.1 Å². The van der Waals surface area contributed by atoms with Crippen molar-refractivity contribution in [3.63, 3.8) is 0 Å². The van der Waals surface area contributed by atoms with E-state index in [1.165, 1.54) is 11.3 Å². The molecule has 0 saturated heterocycles. The lowest BCUT2D eigenvalue weighted by atomic mass is 10.1. The molecule has 0 bridgehead atoms. The molecular formula is C19H10N2O2S2. The van der Waals surface area contributed by atoms with Gasteiger partial charge in [-0.15, -0.1) is 11.3 Å². The monoisotopic (exact) mass is 362 g/mol. The second-order valence-corrected chi connectivity index (χ2v) is 7.55. The van der Waals surface area contributed by atoms with E-state index in [4.69, 9.17) is 0 Å². The lowest BCUT2D eigenvalue weighted by molar-refractivity contribution is 0.0990. The van der Waals surface area contributed by atoms with Crippen molar-refractivity contribution in [2.45, 2.75) is 0 Å². The molecule has 6 heteroatoms. The van der Waals surface area contributed by atoms with E-state index >= 15 is 0 Å². The van der Waals surface area contributed by atoms with Crippen LogP contribution in [0.1, 0.15) is 25.6 Å². The predicted molar refractivity (Wildman–Crippen MR) is 99.9 cm³/mol. The molecule has 25 heavy (non-hydrogen) atoms. The van der Waals surface area contributed by atoms with E-state index in [0.717, 1.165) is 20.8 Å². The highest BCUT2D eigenvalue weighted by Crippen LogP contribution is 2.33. The standard InChI is InChI=1S/C19H10N2O2S2/c22-18-13(19(23)15-10-24-9-14(15)18)7-12-1-2-17(25-12)21-6-4-11-8-20-5-3-16(11)21/h1-10H. The first-order valence-corrected chi connectivity index (χ1v) is 9.37. The molecule has 0 spiro atoms. The van der Waals surface area contributed by atoms with Gasteiger partial charge >= 0.3 is 0 Å². The van der Waals surface area contributed by atoms with Crippen molar-refractivity contribution < 1.29 is 9.59 Å². The highest BCUT2D eigenvalue weighted by molar-refractivity contribution is 7.15. The number of hydrogen-bond acceptors (Lipinski definition) is 5. The Kier molecular flexibility index (Phi) is 3.10. The van der Waals surface area contributed by atoms with E-state index in [-0.39, 0.29) is 17.1 Å². The predicted octanol–water partition coefficient (Wildman–Crippen LogP) is 4.61. The van der Waals surface area contributed by atoms with Gasteiger partial charge in [-0.25, -0.2) is 0 Å². The minimum atomic E-state index is -0.173. The zero-order valence-corrected chi connectivity index (χ0v) is 14.4. The van der Waals surface area contributed by atoms with Gasteiger partial charge in [0.05, 0.1) is 11.1 Å². The number of fused-ring (bicyclic) bond motifs is 2. The second kappa shape index (κ2) is 5.34. The largest absolute Gasteiger partial charge is 0.308 e. The Morgan fingerprint density at radius 1 is 1.00 bits per heavy atom. The first-order chi connectivity index (χ1) is 12.2. The number of Topliss-reactive ketones (excluding diaryl/α,β-unsaturated/α-hetero) is 2. The summed E-state index contributed by atoms with van der Waals surface area (Å²) < 4.78 is 2.08. The zero-order chi connectivity index (χ0) is 17.0. The maximum atomic E-state index is 12.4. The molecule has 120 valence electrons. The quantitative estimate of drug-likeness (QED) is 0.386. The summed E-state index contributed by atoms with van der Waals surface area (Å²) in [4.78, 5) is 29.8. The molecule has 1 aliphatic carbocycles. The van der Waals surface area contributed by atoms with Gasteiger partial charge in [0, 0.05) is 50.7 Å². The van der Waals surface area contributed by atoms with Gasteiger partial charge in [-0.05, 0) is 30.3 Å². The summed E-state index contributed by atoms with van der Waals surface area (Å²) in [5, 5.41) is 5.59. The summed E-state index contributed by atoms with van der Waals surface area (Å²) in [7, 11) is 0. The fourth-order valence-electron chi connectivity index (χ4n) is 3.04. The van der Waals surface area contributed by atoms with Crippen LogP contribution < -0.4 is 0 Å².